The summed E-state index contributed by atoms with van der Waals surface area (Å²) in [5.74, 6) is 0.746. The van der Waals surface area contributed by atoms with Gasteiger partial charge in [-0.25, -0.2) is 0 Å². The van der Waals surface area contributed by atoms with Gasteiger partial charge in [-0.3, -0.25) is 9.80 Å². The van der Waals surface area contributed by atoms with Crippen LogP contribution in [0, 0.1) is 5.92 Å². The van der Waals surface area contributed by atoms with E-state index in [4.69, 9.17) is 0 Å². The van der Waals surface area contributed by atoms with Crippen LogP contribution in [0.15, 0.2) is 24.3 Å². The largest absolute Gasteiger partial charge is 0.300 e. The molecule has 2 heterocycles. The van der Waals surface area contributed by atoms with Gasteiger partial charge in [0.1, 0.15) is 0 Å². The third-order valence-corrected chi connectivity index (χ3v) is 3.65. The van der Waals surface area contributed by atoms with Crippen molar-refractivity contribution >= 4 is 0 Å². The molecule has 0 saturated carbocycles. The molecule has 0 aromatic rings. The van der Waals surface area contributed by atoms with Gasteiger partial charge in [-0.2, -0.15) is 0 Å². The summed E-state index contributed by atoms with van der Waals surface area (Å²) in [7, 11) is 0. The Morgan fingerprint density at radius 2 is 1.64 bits per heavy atom. The lowest BCUT2D eigenvalue weighted by Crippen LogP contribution is -2.36. The average molecular weight is 311 g/mol. The van der Waals surface area contributed by atoms with Crippen LogP contribution in [0.4, 0.5) is 0 Å². The molecular weight excluding hydrogens is 268 g/mol. The van der Waals surface area contributed by atoms with Crippen LogP contribution in [0.25, 0.3) is 0 Å². The summed E-state index contributed by atoms with van der Waals surface area (Å²) in [5.41, 5.74) is 0. The molecule has 0 aromatic heterocycles. The number of likely N-dealkylation sites (N-methyl/N-ethyl adjacent to an activating group) is 1. The molecule has 2 heteroatoms. The number of hydrogen-bond donors (Lipinski definition) is 0. The predicted molar refractivity (Wildman–Crippen MR) is 104 cm³/mol. The van der Waals surface area contributed by atoms with Crippen LogP contribution in [0.2, 0.25) is 0 Å². The molecule has 0 fully saturated rings. The van der Waals surface area contributed by atoms with Crippen molar-refractivity contribution in [3.05, 3.63) is 24.3 Å². The first-order chi connectivity index (χ1) is 10.6. The molecule has 132 valence electrons. The Labute approximate surface area is 141 Å². The lowest BCUT2D eigenvalue weighted by atomic mass is 10.1. The van der Waals surface area contributed by atoms with E-state index in [0.29, 0.717) is 6.04 Å². The fraction of sp³-hybridized carbons (Fsp3) is 0.800. The summed E-state index contributed by atoms with van der Waals surface area (Å²) in [5, 5.41) is 0. The Balaban J connectivity index is 0. The van der Waals surface area contributed by atoms with E-state index in [1.807, 2.05) is 27.7 Å². The van der Waals surface area contributed by atoms with Gasteiger partial charge in [-0.1, -0.05) is 65.8 Å². The van der Waals surface area contributed by atoms with E-state index in [-0.39, 0.29) is 0 Å². The van der Waals surface area contributed by atoms with Gasteiger partial charge in [0.05, 0.1) is 0 Å². The van der Waals surface area contributed by atoms with Crippen LogP contribution >= 0.6 is 0 Å². The summed E-state index contributed by atoms with van der Waals surface area (Å²) in [6, 6.07) is 0.701. The van der Waals surface area contributed by atoms with Crippen molar-refractivity contribution in [1.82, 2.24) is 9.80 Å². The summed E-state index contributed by atoms with van der Waals surface area (Å²) in [6.45, 7) is 23.0. The molecule has 2 aliphatic rings. The Morgan fingerprint density at radius 1 is 1.00 bits per heavy atom. The molecule has 0 radical (unpaired) electrons. The molecule has 0 saturated heterocycles. The molecule has 22 heavy (non-hydrogen) atoms. The summed E-state index contributed by atoms with van der Waals surface area (Å²) in [6.07, 6.45) is 10.3. The van der Waals surface area contributed by atoms with Crippen molar-refractivity contribution in [1.29, 1.82) is 0 Å². The Morgan fingerprint density at radius 3 is 1.95 bits per heavy atom. The molecule has 0 spiro atoms. The van der Waals surface area contributed by atoms with Crippen molar-refractivity contribution in [2.45, 2.75) is 67.9 Å². The first-order valence-corrected chi connectivity index (χ1v) is 9.41. The molecule has 1 unspecified atom stereocenters. The third-order valence-electron chi connectivity index (χ3n) is 3.65. The van der Waals surface area contributed by atoms with E-state index in [1.54, 1.807) is 0 Å². The van der Waals surface area contributed by atoms with Gasteiger partial charge in [0.15, 0.2) is 0 Å². The summed E-state index contributed by atoms with van der Waals surface area (Å²) >= 11 is 0. The van der Waals surface area contributed by atoms with Gasteiger partial charge in [-0.15, -0.1) is 0 Å². The van der Waals surface area contributed by atoms with E-state index >= 15 is 0 Å². The van der Waals surface area contributed by atoms with Crippen LogP contribution in [0.1, 0.15) is 61.8 Å². The molecule has 0 aliphatic carbocycles. The fourth-order valence-corrected chi connectivity index (χ4v) is 2.33. The van der Waals surface area contributed by atoms with Crippen molar-refractivity contribution in [2.24, 2.45) is 5.92 Å². The normalized spacial score (nSPS) is 21.0. The lowest BCUT2D eigenvalue weighted by molar-refractivity contribution is 0.217. The van der Waals surface area contributed by atoms with Gasteiger partial charge in [-0.05, 0) is 32.7 Å². The Kier molecular flexibility index (Phi) is 18.0. The standard InChI is InChI=1S/C9H17N.C7H13N.2C2H6/c1-8(2)10-6-4-5-9(3)7-10;1-2-8-6-4-3-5-7-8;2*1-2/h4-5,8-9H,6-7H2,1-3H3;3-4H,2,5-7H2,1H3;2*1-2H3. The Bertz CT molecular complexity index is 269. The van der Waals surface area contributed by atoms with E-state index in [9.17, 15) is 0 Å². The van der Waals surface area contributed by atoms with Crippen LogP contribution in [0.3, 0.4) is 0 Å². The topological polar surface area (TPSA) is 6.48 Å². The monoisotopic (exact) mass is 310 g/mol. The van der Waals surface area contributed by atoms with E-state index in [2.05, 4.69) is 61.8 Å². The van der Waals surface area contributed by atoms with Gasteiger partial charge in [0, 0.05) is 32.2 Å². The highest BCUT2D eigenvalue weighted by molar-refractivity contribution is 4.95. The molecule has 2 nitrogen and oxygen atoms in total. The van der Waals surface area contributed by atoms with E-state index in [0.717, 1.165) is 19.0 Å². The number of rotatable bonds is 2. The minimum atomic E-state index is 0.701. The van der Waals surface area contributed by atoms with Crippen LogP contribution in [-0.4, -0.2) is 48.6 Å². The third kappa shape index (κ3) is 12.0. The zero-order valence-electron chi connectivity index (χ0n) is 16.6. The zero-order chi connectivity index (χ0) is 17.4. The van der Waals surface area contributed by atoms with Crippen molar-refractivity contribution < 1.29 is 0 Å². The molecule has 2 aliphatic heterocycles. The highest BCUT2D eigenvalue weighted by atomic mass is 15.1. The molecule has 0 bridgehead atoms. The van der Waals surface area contributed by atoms with Gasteiger partial charge in [0.2, 0.25) is 0 Å². The first kappa shape index (κ1) is 23.7. The molecule has 2 rings (SSSR count). The second-order valence-corrected chi connectivity index (χ2v) is 5.61. The quantitative estimate of drug-likeness (QED) is 0.645. The van der Waals surface area contributed by atoms with Crippen molar-refractivity contribution in [2.75, 3.05) is 32.7 Å². The molecule has 0 aromatic carbocycles. The maximum absolute atomic E-state index is 2.49. The second kappa shape index (κ2) is 16.8. The average Bonchev–Trinajstić information content (AvgIpc) is 2.60. The first-order valence-electron chi connectivity index (χ1n) is 9.41. The van der Waals surface area contributed by atoms with E-state index < -0.39 is 0 Å². The zero-order valence-corrected chi connectivity index (χ0v) is 16.6. The van der Waals surface area contributed by atoms with Crippen molar-refractivity contribution in [3.63, 3.8) is 0 Å². The second-order valence-electron chi connectivity index (χ2n) is 5.61. The van der Waals surface area contributed by atoms with Gasteiger partial charge in [0.25, 0.3) is 0 Å². The molecular formula is C20H42N2. The molecule has 0 amide bonds. The van der Waals surface area contributed by atoms with Crippen molar-refractivity contribution in [3.8, 4) is 0 Å². The maximum atomic E-state index is 2.49. The highest BCUT2D eigenvalue weighted by Gasteiger charge is 2.13. The molecule has 1 atom stereocenters. The highest BCUT2D eigenvalue weighted by Crippen LogP contribution is 2.10. The predicted octanol–water partition coefficient (Wildman–Crippen LogP) is 5.22. The van der Waals surface area contributed by atoms with Gasteiger partial charge < -0.3 is 0 Å². The van der Waals surface area contributed by atoms with Crippen LogP contribution in [0.5, 0.6) is 0 Å². The van der Waals surface area contributed by atoms with Crippen LogP contribution in [-0.2, 0) is 0 Å². The fourth-order valence-electron chi connectivity index (χ4n) is 2.33. The maximum Gasteiger partial charge on any atom is 0.0166 e. The molecule has 0 N–H and O–H groups in total. The van der Waals surface area contributed by atoms with Crippen LogP contribution < -0.4 is 0 Å². The van der Waals surface area contributed by atoms with E-state index in [1.165, 1.54) is 26.1 Å². The smallest absolute Gasteiger partial charge is 0.0166 e. The Hall–Kier alpha value is -0.600. The lowest BCUT2D eigenvalue weighted by Gasteiger charge is -2.30. The minimum absolute atomic E-state index is 0.701. The SMILES string of the molecule is CC.CC.CC1C=CCN(C(C)C)C1.CCN1CC=CCC1. The summed E-state index contributed by atoms with van der Waals surface area (Å²) < 4.78 is 0. The minimum Gasteiger partial charge on any atom is -0.300 e. The number of hydrogen-bond acceptors (Lipinski definition) is 2. The van der Waals surface area contributed by atoms with Gasteiger partial charge >= 0.3 is 0 Å². The summed E-state index contributed by atoms with van der Waals surface area (Å²) in [4.78, 5) is 4.92. The number of nitrogens with zero attached hydrogens (tertiary/aromatic N) is 2.